The minimum absolute atomic E-state index is 0.305. The fraction of sp³-hybridized carbons (Fsp3) is 0.625. The third kappa shape index (κ3) is 9.85. The van der Waals surface area contributed by atoms with Crippen LogP contribution in [0.4, 0.5) is 4.79 Å². The Hall–Kier alpha value is -1.98. The Labute approximate surface area is 132 Å². The highest BCUT2D eigenvalue weighted by molar-refractivity contribution is 5.82. The molecule has 126 valence electrons. The second-order valence-electron chi connectivity index (χ2n) is 5.50. The van der Waals surface area contributed by atoms with Crippen LogP contribution in [-0.4, -0.2) is 49.4 Å². The van der Waals surface area contributed by atoms with E-state index in [9.17, 15) is 9.59 Å². The van der Waals surface area contributed by atoms with Gasteiger partial charge in [0.2, 0.25) is 0 Å². The molecule has 0 atom stereocenters. The highest BCUT2D eigenvalue weighted by atomic mass is 16.6. The molecule has 0 heterocycles. The maximum absolute atomic E-state index is 11.8. The van der Waals surface area contributed by atoms with Crippen molar-refractivity contribution in [3.8, 4) is 0 Å². The molecule has 0 N–H and O–H groups in total. The molecular formula is C16H27NO5. The average molecular weight is 313 g/mol. The summed E-state index contributed by atoms with van der Waals surface area (Å²) in [6.45, 7) is 10.1. The third-order valence-electron chi connectivity index (χ3n) is 2.22. The van der Waals surface area contributed by atoms with Gasteiger partial charge in [-0.25, -0.2) is 9.59 Å². The van der Waals surface area contributed by atoms with Gasteiger partial charge in [0, 0.05) is 13.6 Å². The lowest BCUT2D eigenvalue weighted by Gasteiger charge is -2.23. The second-order valence-corrected chi connectivity index (χ2v) is 5.50. The Bertz CT molecular complexity index is 421. The van der Waals surface area contributed by atoms with Crippen LogP contribution in [-0.2, 0) is 19.0 Å². The van der Waals surface area contributed by atoms with Crippen molar-refractivity contribution >= 4 is 12.1 Å². The van der Waals surface area contributed by atoms with E-state index in [4.69, 9.17) is 14.2 Å². The molecule has 0 unspecified atom stereocenters. The van der Waals surface area contributed by atoms with E-state index in [1.54, 1.807) is 26.1 Å². The molecule has 0 fully saturated rings. The predicted octanol–water partition coefficient (Wildman–Crippen LogP) is 2.89. The number of nitrogens with zero attached hydrogens (tertiary/aromatic N) is 1. The van der Waals surface area contributed by atoms with Crippen molar-refractivity contribution in [1.29, 1.82) is 0 Å². The molecule has 0 rings (SSSR count). The first-order chi connectivity index (χ1) is 10.2. The standard InChI is InChI=1S/C16H27NO5/c1-7-20-13(12-14(18)21-8-2)10-9-11-17(6)15(19)22-16(3,4)5/h9-10,12H,7-8,11H2,1-6H3/b10-9+,13-12-. The van der Waals surface area contributed by atoms with Gasteiger partial charge in [-0.1, -0.05) is 6.08 Å². The lowest BCUT2D eigenvalue weighted by Crippen LogP contribution is -2.34. The van der Waals surface area contributed by atoms with Crippen LogP contribution in [0.15, 0.2) is 24.0 Å². The second kappa shape index (κ2) is 9.87. The quantitative estimate of drug-likeness (QED) is 0.313. The summed E-state index contributed by atoms with van der Waals surface area (Å²) < 4.78 is 15.4. The molecule has 0 bridgehead atoms. The highest BCUT2D eigenvalue weighted by Gasteiger charge is 2.18. The van der Waals surface area contributed by atoms with E-state index in [-0.39, 0.29) is 0 Å². The Morgan fingerprint density at radius 1 is 1.09 bits per heavy atom. The van der Waals surface area contributed by atoms with Crippen molar-refractivity contribution in [2.75, 3.05) is 26.8 Å². The highest BCUT2D eigenvalue weighted by Crippen LogP contribution is 2.09. The molecule has 0 aliphatic rings. The van der Waals surface area contributed by atoms with E-state index in [0.29, 0.717) is 25.5 Å². The van der Waals surface area contributed by atoms with Gasteiger partial charge in [-0.15, -0.1) is 0 Å². The fourth-order valence-corrected chi connectivity index (χ4v) is 1.35. The van der Waals surface area contributed by atoms with Gasteiger partial charge >= 0.3 is 12.1 Å². The van der Waals surface area contributed by atoms with Crippen LogP contribution in [0.1, 0.15) is 34.6 Å². The van der Waals surface area contributed by atoms with Gasteiger partial charge in [-0.2, -0.15) is 0 Å². The number of likely N-dealkylation sites (N-methyl/N-ethyl adjacent to an activating group) is 1. The zero-order valence-electron chi connectivity index (χ0n) is 14.3. The molecule has 0 aromatic heterocycles. The number of allylic oxidation sites excluding steroid dienone is 1. The molecule has 0 aromatic carbocycles. The van der Waals surface area contributed by atoms with Gasteiger partial charge in [-0.3, -0.25) is 0 Å². The predicted molar refractivity (Wildman–Crippen MR) is 84.3 cm³/mol. The number of amides is 1. The van der Waals surface area contributed by atoms with Crippen LogP contribution in [0, 0.1) is 0 Å². The van der Waals surface area contributed by atoms with Gasteiger partial charge in [0.15, 0.2) is 0 Å². The van der Waals surface area contributed by atoms with Crippen LogP contribution in [0.25, 0.3) is 0 Å². The smallest absolute Gasteiger partial charge is 0.410 e. The largest absolute Gasteiger partial charge is 0.494 e. The Kier molecular flexibility index (Phi) is 8.98. The van der Waals surface area contributed by atoms with Crippen LogP contribution in [0.3, 0.4) is 0 Å². The molecule has 0 aliphatic heterocycles. The Morgan fingerprint density at radius 2 is 1.68 bits per heavy atom. The van der Waals surface area contributed by atoms with Gasteiger partial charge in [0.1, 0.15) is 11.4 Å². The summed E-state index contributed by atoms with van der Waals surface area (Å²) in [4.78, 5) is 24.6. The summed E-state index contributed by atoms with van der Waals surface area (Å²) in [5.41, 5.74) is -0.532. The maximum atomic E-state index is 11.8. The molecule has 0 saturated carbocycles. The van der Waals surface area contributed by atoms with Crippen molar-refractivity contribution in [3.63, 3.8) is 0 Å². The molecule has 0 radical (unpaired) electrons. The lowest BCUT2D eigenvalue weighted by molar-refractivity contribution is -0.137. The van der Waals surface area contributed by atoms with Crippen LogP contribution < -0.4 is 0 Å². The normalized spacial score (nSPS) is 12.2. The maximum Gasteiger partial charge on any atom is 0.410 e. The summed E-state index contributed by atoms with van der Waals surface area (Å²) in [6, 6.07) is 0. The number of rotatable bonds is 7. The first-order valence-corrected chi connectivity index (χ1v) is 7.31. The summed E-state index contributed by atoms with van der Waals surface area (Å²) in [6.07, 6.45) is 4.20. The number of hydrogen-bond donors (Lipinski definition) is 0. The molecule has 0 saturated heterocycles. The molecule has 1 amide bonds. The first kappa shape index (κ1) is 20.0. The first-order valence-electron chi connectivity index (χ1n) is 7.31. The van der Waals surface area contributed by atoms with Gasteiger partial charge in [-0.05, 0) is 40.7 Å². The minimum atomic E-state index is -0.532. The monoisotopic (exact) mass is 313 g/mol. The van der Waals surface area contributed by atoms with Crippen molar-refractivity contribution < 1.29 is 23.8 Å². The number of carbonyl (C=O) groups is 2. The minimum Gasteiger partial charge on any atom is -0.494 e. The average Bonchev–Trinajstić information content (AvgIpc) is 2.36. The molecule has 0 aromatic rings. The number of esters is 1. The summed E-state index contributed by atoms with van der Waals surface area (Å²) in [5.74, 6) is -0.0744. The number of ether oxygens (including phenoxy) is 3. The molecule has 0 aliphatic carbocycles. The van der Waals surface area contributed by atoms with Gasteiger partial charge in [0.05, 0.1) is 19.3 Å². The van der Waals surface area contributed by atoms with E-state index in [2.05, 4.69) is 0 Å². The molecule has 6 heteroatoms. The molecule has 6 nitrogen and oxygen atoms in total. The SMILES string of the molecule is CCOC(=O)/C=C(/C=C/CN(C)C(=O)OC(C)(C)C)OCC. The van der Waals surface area contributed by atoms with Crippen molar-refractivity contribution in [2.45, 2.75) is 40.2 Å². The summed E-state index contributed by atoms with van der Waals surface area (Å²) >= 11 is 0. The van der Waals surface area contributed by atoms with Gasteiger partial charge in [0.25, 0.3) is 0 Å². The zero-order valence-corrected chi connectivity index (χ0v) is 14.3. The fourth-order valence-electron chi connectivity index (χ4n) is 1.35. The zero-order chi connectivity index (χ0) is 17.2. The Morgan fingerprint density at radius 3 is 2.18 bits per heavy atom. The summed E-state index contributed by atoms with van der Waals surface area (Å²) in [7, 11) is 1.63. The Balaban J connectivity index is 4.58. The van der Waals surface area contributed by atoms with E-state index < -0.39 is 17.7 Å². The van der Waals surface area contributed by atoms with E-state index in [0.717, 1.165) is 0 Å². The molecule has 22 heavy (non-hydrogen) atoms. The van der Waals surface area contributed by atoms with E-state index >= 15 is 0 Å². The van der Waals surface area contributed by atoms with Crippen molar-refractivity contribution in [1.82, 2.24) is 4.90 Å². The van der Waals surface area contributed by atoms with E-state index in [1.807, 2.05) is 27.7 Å². The van der Waals surface area contributed by atoms with Gasteiger partial charge < -0.3 is 19.1 Å². The van der Waals surface area contributed by atoms with E-state index in [1.165, 1.54) is 11.0 Å². The van der Waals surface area contributed by atoms with Crippen LogP contribution in [0.2, 0.25) is 0 Å². The lowest BCUT2D eigenvalue weighted by atomic mass is 10.2. The van der Waals surface area contributed by atoms with Crippen molar-refractivity contribution in [2.24, 2.45) is 0 Å². The molecule has 0 spiro atoms. The number of hydrogen-bond acceptors (Lipinski definition) is 5. The molecular weight excluding hydrogens is 286 g/mol. The third-order valence-corrected chi connectivity index (χ3v) is 2.22. The van der Waals surface area contributed by atoms with Crippen molar-refractivity contribution in [3.05, 3.63) is 24.0 Å². The topological polar surface area (TPSA) is 65.1 Å². The van der Waals surface area contributed by atoms with Crippen LogP contribution >= 0.6 is 0 Å². The van der Waals surface area contributed by atoms with Crippen LogP contribution in [0.5, 0.6) is 0 Å². The number of carbonyl (C=O) groups excluding carboxylic acids is 2. The summed E-state index contributed by atoms with van der Waals surface area (Å²) in [5, 5.41) is 0.